The highest BCUT2D eigenvalue weighted by atomic mass is 16.6. The highest BCUT2D eigenvalue weighted by Crippen LogP contribution is 2.15. The maximum absolute atomic E-state index is 11.4. The van der Waals surface area contributed by atoms with E-state index in [1.54, 1.807) is 6.92 Å². The normalized spacial score (nSPS) is 11.9. The highest BCUT2D eigenvalue weighted by molar-refractivity contribution is 5.92. The summed E-state index contributed by atoms with van der Waals surface area (Å²) in [5.74, 6) is -0.480. The van der Waals surface area contributed by atoms with Crippen LogP contribution in [0.1, 0.15) is 6.92 Å². The predicted molar refractivity (Wildman–Crippen MR) is 59.9 cm³/mol. The lowest BCUT2D eigenvalue weighted by Gasteiger charge is -2.09. The molecule has 0 saturated carbocycles. The van der Waals surface area contributed by atoms with Crippen molar-refractivity contribution in [3.63, 3.8) is 0 Å². The number of nitrogens with zero attached hydrogens (tertiary/aromatic N) is 1. The third-order valence-electron chi connectivity index (χ3n) is 2.15. The number of hydrogen-bond acceptors (Lipinski definition) is 4. The molecule has 0 bridgehead atoms. The lowest BCUT2D eigenvalue weighted by Crippen LogP contribution is -2.26. The van der Waals surface area contributed by atoms with E-state index in [1.807, 2.05) is 0 Å². The van der Waals surface area contributed by atoms with Crippen molar-refractivity contribution in [3.8, 4) is 0 Å². The van der Waals surface area contributed by atoms with Gasteiger partial charge in [0.25, 0.3) is 5.69 Å². The lowest BCUT2D eigenvalue weighted by atomic mass is 10.1. The molecule has 0 aliphatic rings. The first-order chi connectivity index (χ1) is 7.54. The summed E-state index contributed by atoms with van der Waals surface area (Å²) in [6, 6.07) is 5.64. The molecular formula is C10H13N3O3. The summed E-state index contributed by atoms with van der Waals surface area (Å²) in [4.78, 5) is 21.3. The van der Waals surface area contributed by atoms with Crippen LogP contribution in [-0.4, -0.2) is 17.4 Å². The number of carbonyl (C=O) groups excluding carboxylic acids is 1. The van der Waals surface area contributed by atoms with Crippen molar-refractivity contribution >= 4 is 17.3 Å². The smallest absolute Gasteiger partial charge is 0.269 e. The van der Waals surface area contributed by atoms with E-state index in [-0.39, 0.29) is 24.1 Å². The maximum Gasteiger partial charge on any atom is 0.269 e. The molecule has 16 heavy (non-hydrogen) atoms. The molecule has 1 amide bonds. The zero-order valence-electron chi connectivity index (χ0n) is 8.84. The highest BCUT2D eigenvalue weighted by Gasteiger charge is 2.11. The second-order valence-corrected chi connectivity index (χ2v) is 3.43. The molecule has 6 nitrogen and oxygen atoms in total. The van der Waals surface area contributed by atoms with E-state index < -0.39 is 4.92 Å². The topological polar surface area (TPSA) is 98.3 Å². The molecule has 6 heteroatoms. The van der Waals surface area contributed by atoms with Crippen molar-refractivity contribution in [1.29, 1.82) is 0 Å². The minimum absolute atomic E-state index is 0.00938. The number of nitro benzene ring substituents is 1. The first-order valence-corrected chi connectivity index (χ1v) is 4.80. The maximum atomic E-state index is 11.4. The Morgan fingerprint density at radius 2 is 2.06 bits per heavy atom. The quantitative estimate of drug-likeness (QED) is 0.590. The minimum atomic E-state index is -0.492. The molecule has 0 aromatic heterocycles. The largest absolute Gasteiger partial charge is 0.330 e. The van der Waals surface area contributed by atoms with Crippen LogP contribution < -0.4 is 11.1 Å². The van der Waals surface area contributed by atoms with E-state index in [0.29, 0.717) is 5.69 Å². The van der Waals surface area contributed by atoms with Gasteiger partial charge in [-0.05, 0) is 12.1 Å². The monoisotopic (exact) mass is 223 g/mol. The van der Waals surface area contributed by atoms with Gasteiger partial charge in [0.05, 0.1) is 4.92 Å². The van der Waals surface area contributed by atoms with E-state index in [9.17, 15) is 14.9 Å². The Morgan fingerprint density at radius 3 is 2.50 bits per heavy atom. The molecular weight excluding hydrogens is 210 g/mol. The fourth-order valence-electron chi connectivity index (χ4n) is 1.04. The fraction of sp³-hybridized carbons (Fsp3) is 0.300. The van der Waals surface area contributed by atoms with Crippen molar-refractivity contribution < 1.29 is 9.72 Å². The number of anilines is 1. The molecule has 86 valence electrons. The molecule has 1 rings (SSSR count). The number of non-ortho nitro benzene ring substituents is 1. The molecule has 0 aliphatic carbocycles. The molecule has 0 saturated heterocycles. The van der Waals surface area contributed by atoms with Gasteiger partial charge in [-0.15, -0.1) is 0 Å². The fourth-order valence-corrected chi connectivity index (χ4v) is 1.04. The predicted octanol–water partition coefficient (Wildman–Crippen LogP) is 1.13. The van der Waals surface area contributed by atoms with Crippen molar-refractivity contribution in [3.05, 3.63) is 34.4 Å². The first kappa shape index (κ1) is 12.1. The van der Waals surface area contributed by atoms with Gasteiger partial charge in [-0.3, -0.25) is 14.9 Å². The summed E-state index contributed by atoms with van der Waals surface area (Å²) in [6.45, 7) is 1.97. The van der Waals surface area contributed by atoms with Gasteiger partial charge in [0.1, 0.15) is 0 Å². The average Bonchev–Trinajstić information content (AvgIpc) is 2.28. The van der Waals surface area contributed by atoms with Gasteiger partial charge in [0, 0.05) is 30.3 Å². The van der Waals surface area contributed by atoms with Crippen LogP contribution in [0.4, 0.5) is 11.4 Å². The van der Waals surface area contributed by atoms with Crippen LogP contribution in [0, 0.1) is 16.0 Å². The Balaban J connectivity index is 2.69. The Labute approximate surface area is 92.6 Å². The van der Waals surface area contributed by atoms with Crippen molar-refractivity contribution in [2.24, 2.45) is 11.7 Å². The van der Waals surface area contributed by atoms with E-state index >= 15 is 0 Å². The van der Waals surface area contributed by atoms with Crippen LogP contribution in [0.3, 0.4) is 0 Å². The molecule has 0 fully saturated rings. The Kier molecular flexibility index (Phi) is 3.96. The minimum Gasteiger partial charge on any atom is -0.330 e. The van der Waals surface area contributed by atoms with Gasteiger partial charge in [-0.2, -0.15) is 0 Å². The summed E-state index contributed by atoms with van der Waals surface area (Å²) in [7, 11) is 0. The SMILES string of the molecule is CC(CN)C(=O)Nc1ccc([N+](=O)[O-])cc1. The van der Waals surface area contributed by atoms with Gasteiger partial charge < -0.3 is 11.1 Å². The number of nitro groups is 1. The number of amides is 1. The first-order valence-electron chi connectivity index (χ1n) is 4.80. The molecule has 0 aliphatic heterocycles. The van der Waals surface area contributed by atoms with Gasteiger partial charge >= 0.3 is 0 Å². The third kappa shape index (κ3) is 3.03. The Hall–Kier alpha value is -1.95. The Bertz CT molecular complexity index is 389. The van der Waals surface area contributed by atoms with Gasteiger partial charge in [0.2, 0.25) is 5.91 Å². The zero-order chi connectivity index (χ0) is 12.1. The lowest BCUT2D eigenvalue weighted by molar-refractivity contribution is -0.384. The molecule has 1 unspecified atom stereocenters. The van der Waals surface area contributed by atoms with E-state index in [0.717, 1.165) is 0 Å². The molecule has 3 N–H and O–H groups in total. The number of hydrogen-bond donors (Lipinski definition) is 2. The second kappa shape index (κ2) is 5.22. The number of rotatable bonds is 4. The van der Waals surface area contributed by atoms with Crippen LogP contribution in [-0.2, 0) is 4.79 Å². The number of carbonyl (C=O) groups is 1. The Morgan fingerprint density at radius 1 is 1.50 bits per heavy atom. The van der Waals surface area contributed by atoms with Crippen LogP contribution >= 0.6 is 0 Å². The standard InChI is InChI=1S/C10H13N3O3/c1-7(6-11)10(14)12-8-2-4-9(5-3-8)13(15)16/h2-5,7H,6,11H2,1H3,(H,12,14). The average molecular weight is 223 g/mol. The van der Waals surface area contributed by atoms with Gasteiger partial charge in [-0.1, -0.05) is 6.92 Å². The van der Waals surface area contributed by atoms with Gasteiger partial charge in [-0.25, -0.2) is 0 Å². The van der Waals surface area contributed by atoms with Crippen molar-refractivity contribution in [2.45, 2.75) is 6.92 Å². The van der Waals surface area contributed by atoms with Crippen molar-refractivity contribution in [1.82, 2.24) is 0 Å². The number of nitrogens with two attached hydrogens (primary N) is 1. The number of nitrogens with one attached hydrogen (secondary N) is 1. The zero-order valence-corrected chi connectivity index (χ0v) is 8.84. The summed E-state index contributed by atoms with van der Waals surface area (Å²) < 4.78 is 0. The van der Waals surface area contributed by atoms with Crippen molar-refractivity contribution in [2.75, 3.05) is 11.9 Å². The summed E-state index contributed by atoms with van der Waals surface area (Å²) >= 11 is 0. The van der Waals surface area contributed by atoms with E-state index in [2.05, 4.69) is 5.32 Å². The molecule has 1 aromatic rings. The second-order valence-electron chi connectivity index (χ2n) is 3.43. The van der Waals surface area contributed by atoms with Crippen LogP contribution in [0.5, 0.6) is 0 Å². The third-order valence-corrected chi connectivity index (χ3v) is 2.15. The van der Waals surface area contributed by atoms with Gasteiger partial charge in [0.15, 0.2) is 0 Å². The van der Waals surface area contributed by atoms with Crippen LogP contribution in [0.15, 0.2) is 24.3 Å². The van der Waals surface area contributed by atoms with E-state index in [4.69, 9.17) is 5.73 Å². The summed E-state index contributed by atoms with van der Waals surface area (Å²) in [5.41, 5.74) is 5.85. The molecule has 1 atom stereocenters. The summed E-state index contributed by atoms with van der Waals surface area (Å²) in [5, 5.41) is 13.0. The van der Waals surface area contributed by atoms with E-state index in [1.165, 1.54) is 24.3 Å². The van der Waals surface area contributed by atoms with Crippen LogP contribution in [0.2, 0.25) is 0 Å². The molecule has 1 aromatic carbocycles. The van der Waals surface area contributed by atoms with Crippen LogP contribution in [0.25, 0.3) is 0 Å². The molecule has 0 radical (unpaired) electrons. The number of benzene rings is 1. The summed E-state index contributed by atoms with van der Waals surface area (Å²) in [6.07, 6.45) is 0. The molecule has 0 spiro atoms. The molecule has 0 heterocycles.